The molecule has 1 saturated heterocycles. The lowest BCUT2D eigenvalue weighted by Gasteiger charge is -2.34. The number of esters is 1. The molecular formula is C23H34N4O6. The monoisotopic (exact) mass is 462 g/mol. The summed E-state index contributed by atoms with van der Waals surface area (Å²) in [5, 5.41) is 12.7. The summed E-state index contributed by atoms with van der Waals surface area (Å²) < 4.78 is 10.1. The molecule has 2 fully saturated rings. The normalized spacial score (nSPS) is 23.4. The Bertz CT molecular complexity index is 899. The van der Waals surface area contributed by atoms with E-state index in [1.54, 1.807) is 33.8 Å². The predicted octanol–water partition coefficient (Wildman–Crippen LogP) is 3.00. The molecule has 10 nitrogen and oxygen atoms in total. The summed E-state index contributed by atoms with van der Waals surface area (Å²) in [7, 11) is 1.29. The first-order valence-corrected chi connectivity index (χ1v) is 11.4. The van der Waals surface area contributed by atoms with Crippen LogP contribution in [0.15, 0.2) is 6.07 Å². The van der Waals surface area contributed by atoms with Gasteiger partial charge in [-0.05, 0) is 52.9 Å². The Labute approximate surface area is 194 Å². The maximum absolute atomic E-state index is 12.3. The number of ether oxygens (including phenoxy) is 2. The lowest BCUT2D eigenvalue weighted by atomic mass is 9.85. The second kappa shape index (κ2) is 9.93. The van der Waals surface area contributed by atoms with E-state index in [2.05, 4.69) is 15.3 Å². The van der Waals surface area contributed by atoms with E-state index in [9.17, 15) is 19.5 Å². The molecule has 0 bridgehead atoms. The van der Waals surface area contributed by atoms with Crippen molar-refractivity contribution in [3.63, 3.8) is 0 Å². The van der Waals surface area contributed by atoms with Gasteiger partial charge >= 0.3 is 18.0 Å². The SMILES string of the molecule is COC(=O)Cc1nc(C(C)NC(=O)OC(C)(C)C)cc(N2[C@H](C(=O)O)C[C@@H]3CCCC[C@@H]32)n1. The van der Waals surface area contributed by atoms with Gasteiger partial charge in [-0.15, -0.1) is 0 Å². The van der Waals surface area contributed by atoms with Crippen LogP contribution in [0.25, 0.3) is 0 Å². The molecule has 1 aromatic heterocycles. The fraction of sp³-hybridized carbons (Fsp3) is 0.696. The van der Waals surface area contributed by atoms with Crippen molar-refractivity contribution in [1.82, 2.24) is 15.3 Å². The van der Waals surface area contributed by atoms with Crippen molar-refractivity contribution in [3.8, 4) is 0 Å². The number of aromatic nitrogens is 2. The molecule has 2 aliphatic rings. The molecule has 1 aliphatic carbocycles. The Kier molecular flexibility index (Phi) is 7.44. The third kappa shape index (κ3) is 6.11. The van der Waals surface area contributed by atoms with Crippen LogP contribution in [0.5, 0.6) is 0 Å². The molecule has 0 aromatic carbocycles. The van der Waals surface area contributed by atoms with Gasteiger partial charge in [-0.1, -0.05) is 12.8 Å². The van der Waals surface area contributed by atoms with Gasteiger partial charge < -0.3 is 24.8 Å². The van der Waals surface area contributed by atoms with E-state index in [0.717, 1.165) is 25.7 Å². The van der Waals surface area contributed by atoms with Gasteiger partial charge in [0.25, 0.3) is 0 Å². The summed E-state index contributed by atoms with van der Waals surface area (Å²) in [6.45, 7) is 7.07. The minimum Gasteiger partial charge on any atom is -0.480 e. The average molecular weight is 463 g/mol. The van der Waals surface area contributed by atoms with Crippen LogP contribution in [0.1, 0.15) is 77.4 Å². The van der Waals surface area contributed by atoms with Gasteiger partial charge in [0.15, 0.2) is 0 Å². The molecule has 0 radical (unpaired) electrons. The fourth-order valence-corrected chi connectivity index (χ4v) is 4.71. The van der Waals surface area contributed by atoms with E-state index in [-0.39, 0.29) is 18.3 Å². The number of carbonyl (C=O) groups is 3. The number of carboxylic acids is 1. The number of nitrogens with zero attached hydrogens (tertiary/aromatic N) is 3. The smallest absolute Gasteiger partial charge is 0.408 e. The number of carboxylic acid groups (broad SMARTS) is 1. The lowest BCUT2D eigenvalue weighted by Crippen LogP contribution is -2.43. The molecule has 1 amide bonds. The molecule has 1 unspecified atom stereocenters. The molecule has 1 aromatic rings. The minimum atomic E-state index is -0.890. The molecule has 1 saturated carbocycles. The summed E-state index contributed by atoms with van der Waals surface area (Å²) in [6.07, 6.45) is 3.84. The number of hydrogen-bond acceptors (Lipinski definition) is 8. The number of alkyl carbamates (subject to hydrolysis) is 1. The molecule has 2 N–H and O–H groups in total. The number of anilines is 1. The number of carbonyl (C=O) groups excluding carboxylic acids is 2. The number of hydrogen-bond donors (Lipinski definition) is 2. The quantitative estimate of drug-likeness (QED) is 0.612. The van der Waals surface area contributed by atoms with Gasteiger partial charge in [-0.2, -0.15) is 0 Å². The summed E-state index contributed by atoms with van der Waals surface area (Å²) in [5.74, 6) is -0.426. The fourth-order valence-electron chi connectivity index (χ4n) is 4.71. The van der Waals surface area contributed by atoms with Crippen molar-refractivity contribution >= 4 is 23.8 Å². The highest BCUT2D eigenvalue weighted by molar-refractivity contribution is 5.79. The first-order valence-electron chi connectivity index (χ1n) is 11.4. The summed E-state index contributed by atoms with van der Waals surface area (Å²) in [5.41, 5.74) is -0.190. The molecule has 10 heteroatoms. The molecule has 3 rings (SSSR count). The second-order valence-corrected chi connectivity index (χ2v) is 9.80. The van der Waals surface area contributed by atoms with E-state index in [0.29, 0.717) is 23.9 Å². The second-order valence-electron chi connectivity index (χ2n) is 9.80. The summed E-state index contributed by atoms with van der Waals surface area (Å²) >= 11 is 0. The van der Waals surface area contributed by atoms with Gasteiger partial charge in [0.05, 0.1) is 18.8 Å². The van der Waals surface area contributed by atoms with Gasteiger partial charge in [0, 0.05) is 12.1 Å². The zero-order valence-corrected chi connectivity index (χ0v) is 20.0. The first-order chi connectivity index (χ1) is 15.5. The van der Waals surface area contributed by atoms with Crippen LogP contribution in [0.3, 0.4) is 0 Å². The van der Waals surface area contributed by atoms with E-state index in [1.165, 1.54) is 7.11 Å². The number of amides is 1. The third-order valence-electron chi connectivity index (χ3n) is 6.12. The molecule has 4 atom stereocenters. The Morgan fingerprint density at radius 1 is 1.24 bits per heavy atom. The van der Waals surface area contributed by atoms with E-state index >= 15 is 0 Å². The number of methoxy groups -OCH3 is 1. The standard InChI is InChI=1S/C23H34N4O6/c1-13(24-22(31)33-23(2,3)4)15-11-19(26-18(25-15)12-20(28)32-5)27-16-9-7-6-8-14(16)10-17(27)21(29)30/h11,13-14,16-17H,6-10,12H2,1-5H3,(H,24,31)(H,29,30)/t13?,14-,16-,17-/m0/s1. The Balaban J connectivity index is 1.96. The third-order valence-corrected chi connectivity index (χ3v) is 6.12. The Morgan fingerprint density at radius 2 is 1.94 bits per heavy atom. The highest BCUT2D eigenvalue weighted by Crippen LogP contribution is 2.42. The molecule has 182 valence electrons. The lowest BCUT2D eigenvalue weighted by molar-refractivity contribution is -0.140. The number of aliphatic carboxylic acids is 1. The topological polar surface area (TPSA) is 131 Å². The van der Waals surface area contributed by atoms with Crippen LogP contribution in [-0.2, 0) is 25.5 Å². The van der Waals surface area contributed by atoms with E-state index in [1.807, 2.05) is 4.90 Å². The number of fused-ring (bicyclic) bond motifs is 1. The summed E-state index contributed by atoms with van der Waals surface area (Å²) in [6, 6.07) is 0.533. The van der Waals surface area contributed by atoms with E-state index in [4.69, 9.17) is 9.47 Å². The highest BCUT2D eigenvalue weighted by Gasteiger charge is 2.46. The number of nitrogens with one attached hydrogen (secondary N) is 1. The van der Waals surface area contributed by atoms with Crippen molar-refractivity contribution < 1.29 is 29.0 Å². The molecule has 0 spiro atoms. The van der Waals surface area contributed by atoms with Crippen molar-refractivity contribution in [2.24, 2.45) is 5.92 Å². The Morgan fingerprint density at radius 3 is 2.58 bits per heavy atom. The van der Waals surface area contributed by atoms with E-state index < -0.39 is 35.7 Å². The summed E-state index contributed by atoms with van der Waals surface area (Å²) in [4.78, 5) is 47.2. The largest absolute Gasteiger partial charge is 0.480 e. The van der Waals surface area contributed by atoms with Crippen LogP contribution in [0.2, 0.25) is 0 Å². The minimum absolute atomic E-state index is 0.0719. The van der Waals surface area contributed by atoms with Crippen LogP contribution in [-0.4, -0.2) is 57.9 Å². The van der Waals surface area contributed by atoms with Gasteiger partial charge in [0.2, 0.25) is 0 Å². The zero-order chi connectivity index (χ0) is 24.3. The van der Waals surface area contributed by atoms with Gasteiger partial charge in [-0.3, -0.25) is 4.79 Å². The molecule has 2 heterocycles. The maximum Gasteiger partial charge on any atom is 0.408 e. The van der Waals surface area contributed by atoms with Crippen molar-refractivity contribution in [2.75, 3.05) is 12.0 Å². The first kappa shape index (κ1) is 24.7. The highest BCUT2D eigenvalue weighted by atomic mass is 16.6. The molecular weight excluding hydrogens is 428 g/mol. The van der Waals surface area contributed by atoms with Gasteiger partial charge in [-0.25, -0.2) is 19.6 Å². The average Bonchev–Trinajstić information content (AvgIpc) is 3.12. The molecule has 33 heavy (non-hydrogen) atoms. The maximum atomic E-state index is 12.3. The van der Waals surface area contributed by atoms with Crippen molar-refractivity contribution in [2.45, 2.75) is 89.9 Å². The van der Waals surface area contributed by atoms with Crippen LogP contribution in [0.4, 0.5) is 10.6 Å². The van der Waals surface area contributed by atoms with Crippen molar-refractivity contribution in [3.05, 3.63) is 17.6 Å². The van der Waals surface area contributed by atoms with Crippen LogP contribution < -0.4 is 10.2 Å². The van der Waals surface area contributed by atoms with Crippen LogP contribution >= 0.6 is 0 Å². The predicted molar refractivity (Wildman–Crippen MR) is 120 cm³/mol. The van der Waals surface area contributed by atoms with Crippen molar-refractivity contribution in [1.29, 1.82) is 0 Å². The van der Waals surface area contributed by atoms with Gasteiger partial charge in [0.1, 0.15) is 29.7 Å². The molecule has 1 aliphatic heterocycles. The zero-order valence-electron chi connectivity index (χ0n) is 20.0. The van der Waals surface area contributed by atoms with Crippen LogP contribution in [0, 0.1) is 5.92 Å². The Hall–Kier alpha value is -2.91. The number of rotatable bonds is 6.